The van der Waals surface area contributed by atoms with E-state index < -0.39 is 0 Å². The Morgan fingerprint density at radius 3 is 1.67 bits per heavy atom. The summed E-state index contributed by atoms with van der Waals surface area (Å²) in [6, 6.07) is 0. The van der Waals surface area contributed by atoms with Crippen LogP contribution in [0.15, 0.2) is 9.98 Å². The van der Waals surface area contributed by atoms with Gasteiger partial charge in [-0.15, -0.1) is 0 Å². The Morgan fingerprint density at radius 2 is 1.21 bits per heavy atom. The Labute approximate surface area is 198 Å². The molecule has 0 aliphatic rings. The summed E-state index contributed by atoms with van der Waals surface area (Å²) in [7, 11) is 1.42. The molecule has 0 radical (unpaired) electrons. The SMILES string of the molecule is CN=C(NO)C(=N)C(=NCCCN(CCCCCCCC=O)CCCCCCCC=O)NO. The fourth-order valence-electron chi connectivity index (χ4n) is 3.51. The summed E-state index contributed by atoms with van der Waals surface area (Å²) in [6.07, 6.45) is 15.1. The van der Waals surface area contributed by atoms with Gasteiger partial charge in [0.15, 0.2) is 11.7 Å². The molecule has 0 saturated heterocycles. The average Bonchev–Trinajstić information content (AvgIpc) is 2.83. The number of nitrogens with one attached hydrogen (secondary N) is 3. The van der Waals surface area contributed by atoms with Crippen molar-refractivity contribution >= 4 is 30.0 Å². The zero-order valence-corrected chi connectivity index (χ0v) is 20.2. The van der Waals surface area contributed by atoms with Crippen LogP contribution in [0, 0.1) is 5.41 Å². The van der Waals surface area contributed by atoms with Crippen LogP contribution in [0.25, 0.3) is 0 Å². The van der Waals surface area contributed by atoms with Crippen LogP contribution < -0.4 is 11.0 Å². The molecule has 33 heavy (non-hydrogen) atoms. The quantitative estimate of drug-likeness (QED) is 0.0538. The minimum atomic E-state index is -0.219. The molecule has 0 heterocycles. The molecule has 0 unspecified atom stereocenters. The molecule has 0 amide bonds. The van der Waals surface area contributed by atoms with Crippen LogP contribution in [-0.2, 0) is 9.59 Å². The van der Waals surface area contributed by atoms with E-state index in [1.807, 2.05) is 11.0 Å². The predicted octanol–water partition coefficient (Wildman–Crippen LogP) is 3.16. The number of nitrogens with zero attached hydrogens (tertiary/aromatic N) is 3. The summed E-state index contributed by atoms with van der Waals surface area (Å²) in [6.45, 7) is 3.34. The highest BCUT2D eigenvalue weighted by Crippen LogP contribution is 2.09. The number of hydrogen-bond acceptors (Lipinski definition) is 8. The van der Waals surface area contributed by atoms with Crippen LogP contribution in [0.2, 0.25) is 0 Å². The molecule has 0 atom stereocenters. The molecule has 0 saturated carbocycles. The lowest BCUT2D eigenvalue weighted by molar-refractivity contribution is -0.108. The highest BCUT2D eigenvalue weighted by molar-refractivity contribution is 6.66. The number of carbonyl (C=O) groups is 2. The van der Waals surface area contributed by atoms with Crippen LogP contribution in [-0.4, -0.2) is 78.5 Å². The van der Waals surface area contributed by atoms with Crippen molar-refractivity contribution in [3.05, 3.63) is 0 Å². The number of carbonyl (C=O) groups excluding carboxylic acids is 2. The first-order valence-corrected chi connectivity index (χ1v) is 12.1. The third kappa shape index (κ3) is 17.0. The van der Waals surface area contributed by atoms with Crippen molar-refractivity contribution in [1.82, 2.24) is 15.9 Å². The predicted molar refractivity (Wildman–Crippen MR) is 132 cm³/mol. The van der Waals surface area contributed by atoms with E-state index in [1.54, 1.807) is 0 Å². The zero-order chi connectivity index (χ0) is 24.6. The summed E-state index contributed by atoms with van der Waals surface area (Å²) >= 11 is 0. The zero-order valence-electron chi connectivity index (χ0n) is 20.2. The number of amidine groups is 2. The van der Waals surface area contributed by atoms with E-state index in [0.717, 1.165) is 103 Å². The monoisotopic (exact) mass is 468 g/mol. The molecule has 0 aromatic carbocycles. The molecular weight excluding hydrogens is 424 g/mol. The second kappa shape index (κ2) is 23.0. The molecule has 0 bridgehead atoms. The lowest BCUT2D eigenvalue weighted by Crippen LogP contribution is -2.39. The second-order valence-electron chi connectivity index (χ2n) is 8.04. The highest BCUT2D eigenvalue weighted by atomic mass is 16.5. The molecular formula is C23H44N6O4. The Balaban J connectivity index is 4.46. The van der Waals surface area contributed by atoms with Gasteiger partial charge in [-0.05, 0) is 51.7 Å². The molecule has 10 nitrogen and oxygen atoms in total. The molecule has 0 aromatic rings. The van der Waals surface area contributed by atoms with E-state index in [2.05, 4.69) is 14.9 Å². The van der Waals surface area contributed by atoms with E-state index in [4.69, 9.17) is 10.6 Å². The van der Waals surface area contributed by atoms with Gasteiger partial charge < -0.3 is 14.5 Å². The fraction of sp³-hybridized carbons (Fsp3) is 0.783. The third-order valence-corrected chi connectivity index (χ3v) is 5.40. The maximum absolute atomic E-state index is 10.4. The Kier molecular flexibility index (Phi) is 21.5. The maximum atomic E-state index is 10.4. The highest BCUT2D eigenvalue weighted by Gasteiger charge is 2.12. The Bertz CT molecular complexity index is 561. The van der Waals surface area contributed by atoms with Gasteiger partial charge in [-0.25, -0.2) is 0 Å². The van der Waals surface area contributed by atoms with Gasteiger partial charge in [0.1, 0.15) is 18.3 Å². The topological polar surface area (TPSA) is 150 Å². The Hall–Kier alpha value is -2.17. The summed E-state index contributed by atoms with van der Waals surface area (Å²) in [4.78, 5) is 31.2. The summed E-state index contributed by atoms with van der Waals surface area (Å²) in [5.74, 6) is -0.132. The van der Waals surface area contributed by atoms with Crippen molar-refractivity contribution in [2.24, 2.45) is 9.98 Å². The average molecular weight is 469 g/mol. The fourth-order valence-corrected chi connectivity index (χ4v) is 3.51. The number of hydroxylamine groups is 2. The van der Waals surface area contributed by atoms with Crippen molar-refractivity contribution in [2.75, 3.05) is 33.2 Å². The van der Waals surface area contributed by atoms with E-state index in [0.29, 0.717) is 19.4 Å². The molecule has 0 aromatic heterocycles. The van der Waals surface area contributed by atoms with Gasteiger partial charge in [0.2, 0.25) is 0 Å². The van der Waals surface area contributed by atoms with Crippen molar-refractivity contribution in [1.29, 1.82) is 5.41 Å². The molecule has 10 heteroatoms. The number of aliphatic imine (C=N–C) groups is 2. The molecule has 5 N–H and O–H groups in total. The smallest absolute Gasteiger partial charge is 0.174 e. The van der Waals surface area contributed by atoms with E-state index in [1.165, 1.54) is 7.05 Å². The number of rotatable bonds is 22. The van der Waals surface area contributed by atoms with Crippen LogP contribution in [0.5, 0.6) is 0 Å². The van der Waals surface area contributed by atoms with Gasteiger partial charge in [-0.1, -0.05) is 38.5 Å². The van der Waals surface area contributed by atoms with Gasteiger partial charge in [-0.2, -0.15) is 0 Å². The minimum Gasteiger partial charge on any atom is -0.303 e. The van der Waals surface area contributed by atoms with Crippen molar-refractivity contribution in [3.63, 3.8) is 0 Å². The molecule has 190 valence electrons. The lowest BCUT2D eigenvalue weighted by Gasteiger charge is -2.22. The Morgan fingerprint density at radius 1 is 0.758 bits per heavy atom. The van der Waals surface area contributed by atoms with E-state index in [9.17, 15) is 14.8 Å². The largest absolute Gasteiger partial charge is 0.303 e. The van der Waals surface area contributed by atoms with Gasteiger partial charge in [0, 0.05) is 26.4 Å². The molecule has 0 spiro atoms. The first kappa shape index (κ1) is 30.8. The number of hydrogen-bond donors (Lipinski definition) is 5. The van der Waals surface area contributed by atoms with Crippen LogP contribution in [0.3, 0.4) is 0 Å². The van der Waals surface area contributed by atoms with Crippen molar-refractivity contribution < 1.29 is 20.0 Å². The summed E-state index contributed by atoms with van der Waals surface area (Å²) in [5, 5.41) is 26.2. The van der Waals surface area contributed by atoms with Crippen LogP contribution in [0.1, 0.15) is 83.5 Å². The van der Waals surface area contributed by atoms with E-state index >= 15 is 0 Å². The molecule has 0 rings (SSSR count). The minimum absolute atomic E-state index is 0.0469. The van der Waals surface area contributed by atoms with Crippen molar-refractivity contribution in [3.8, 4) is 0 Å². The summed E-state index contributed by atoms with van der Waals surface area (Å²) < 4.78 is 0. The molecule has 0 fully saturated rings. The summed E-state index contributed by atoms with van der Waals surface area (Å²) in [5.41, 5.74) is 3.50. The van der Waals surface area contributed by atoms with Crippen LogP contribution >= 0.6 is 0 Å². The maximum Gasteiger partial charge on any atom is 0.174 e. The standard InChI is InChI=1S/C23H44N6O4/c1-25-22(27-32)21(24)23(28-33)26-15-14-18-29(16-10-6-2-4-8-12-19-30)17-11-7-3-5-9-13-20-31/h19-20,24,32-33H,2-18H2,1H3,(H,25,27)(H,26,28). The number of aldehydes is 2. The molecule has 0 aliphatic heterocycles. The van der Waals surface area contributed by atoms with Gasteiger partial charge in [0.05, 0.1) is 0 Å². The first-order valence-electron chi connectivity index (χ1n) is 12.1. The first-order chi connectivity index (χ1) is 16.1. The second-order valence-corrected chi connectivity index (χ2v) is 8.04. The van der Waals surface area contributed by atoms with Gasteiger partial charge in [0.25, 0.3) is 0 Å². The normalized spacial score (nSPS) is 12.1. The van der Waals surface area contributed by atoms with E-state index in [-0.39, 0.29) is 17.4 Å². The molecule has 0 aliphatic carbocycles. The van der Waals surface area contributed by atoms with Crippen LogP contribution in [0.4, 0.5) is 0 Å². The van der Waals surface area contributed by atoms with Crippen molar-refractivity contribution in [2.45, 2.75) is 83.5 Å². The number of unbranched alkanes of at least 4 members (excludes halogenated alkanes) is 10. The lowest BCUT2D eigenvalue weighted by atomic mass is 10.1. The third-order valence-electron chi connectivity index (χ3n) is 5.40. The van der Waals surface area contributed by atoms with Gasteiger partial charge >= 0.3 is 0 Å². The van der Waals surface area contributed by atoms with Gasteiger partial charge in [-0.3, -0.25) is 36.8 Å².